The van der Waals surface area contributed by atoms with Gasteiger partial charge in [-0.05, 0) is 6.42 Å². The Morgan fingerprint density at radius 2 is 1.25 bits per heavy atom. The van der Waals surface area contributed by atoms with E-state index < -0.39 is 76.0 Å². The van der Waals surface area contributed by atoms with Crippen molar-refractivity contribution in [1.29, 1.82) is 0 Å². The Kier molecular flexibility index (Phi) is 28.1. The van der Waals surface area contributed by atoms with Crippen LogP contribution in [0.25, 0.3) is 0 Å². The number of hydrogen-bond donors (Lipinski definition) is 4. The van der Waals surface area contributed by atoms with Crippen molar-refractivity contribution in [1.82, 2.24) is 0 Å². The Morgan fingerprint density at radius 1 is 0.800 bits per heavy atom. The van der Waals surface area contributed by atoms with Crippen LogP contribution in [0.4, 0.5) is 0 Å². The topological polar surface area (TPSA) is 273 Å². The van der Waals surface area contributed by atoms with Crippen LogP contribution in [0, 0.1) is 0 Å². The van der Waals surface area contributed by atoms with E-state index >= 15 is 0 Å². The van der Waals surface area contributed by atoms with Gasteiger partial charge in [0, 0.05) is 31.2 Å². The van der Waals surface area contributed by atoms with Gasteiger partial charge in [-0.3, -0.25) is 18.9 Å². The number of aliphatic hydroxyl groups is 1. The molecule has 0 aromatic rings. The molecule has 0 bridgehead atoms. The van der Waals surface area contributed by atoms with Gasteiger partial charge in [-0.15, -0.1) is 0 Å². The molecule has 4 N–H and O–H groups in total. The molecular formula is C22H34Na2O15S. The number of esters is 2. The molecule has 0 saturated heterocycles. The minimum Gasteiger partial charge on any atom is -0.550 e. The summed E-state index contributed by atoms with van der Waals surface area (Å²) in [4.78, 5) is 63.8. The minimum absolute atomic E-state index is 0. The van der Waals surface area contributed by atoms with Crippen LogP contribution in [0.3, 0.4) is 0 Å². The molecule has 0 aliphatic rings. The van der Waals surface area contributed by atoms with Crippen LogP contribution < -0.4 is 69.3 Å². The summed E-state index contributed by atoms with van der Waals surface area (Å²) >= 11 is 0. The summed E-state index contributed by atoms with van der Waals surface area (Å²) in [6.07, 6.45) is 5.48. The van der Waals surface area contributed by atoms with Crippen molar-refractivity contribution in [2.45, 2.75) is 101 Å². The molecule has 0 fully saturated rings. The maximum atomic E-state index is 11.5. The number of unbranched alkanes of at least 4 members (excludes halogenated alkanes) is 8. The van der Waals surface area contributed by atoms with Crippen LogP contribution in [0.15, 0.2) is 0 Å². The maximum Gasteiger partial charge on any atom is 1.00 e. The van der Waals surface area contributed by atoms with Gasteiger partial charge in [-0.1, -0.05) is 58.3 Å². The fourth-order valence-electron chi connectivity index (χ4n) is 2.97. The van der Waals surface area contributed by atoms with E-state index in [4.69, 9.17) is 19.9 Å². The van der Waals surface area contributed by atoms with Gasteiger partial charge in [-0.25, -0.2) is 4.79 Å². The van der Waals surface area contributed by atoms with Gasteiger partial charge in [0.05, 0.1) is 6.42 Å². The molecule has 2 unspecified atom stereocenters. The number of carboxylic acids is 4. The molecule has 15 nitrogen and oxygen atoms in total. The minimum atomic E-state index is -4.99. The SMILES string of the molecule is CCCCCCCCCCCC(=O)OC(=O)C(CC(=O)[O-])S(=O)(=O)O.O=C([O-])CC(O)(CC(=O)O)C(=O)O.[Na+].[Na+]. The second-order valence-electron chi connectivity index (χ2n) is 8.41. The average molecular weight is 617 g/mol. The summed E-state index contributed by atoms with van der Waals surface area (Å²) in [6, 6.07) is 0. The maximum absolute atomic E-state index is 11.5. The molecule has 18 heteroatoms. The molecule has 0 amide bonds. The zero-order valence-corrected chi connectivity index (χ0v) is 27.8. The van der Waals surface area contributed by atoms with Crippen LogP contribution in [0.1, 0.15) is 90.4 Å². The molecule has 0 aliphatic heterocycles. The third-order valence-electron chi connectivity index (χ3n) is 4.95. The number of aliphatic carboxylic acids is 4. The molecule has 0 aliphatic carbocycles. The first-order valence-electron chi connectivity index (χ1n) is 11.7. The Bertz CT molecular complexity index is 905. The van der Waals surface area contributed by atoms with Crippen molar-refractivity contribution in [2.75, 3.05) is 0 Å². The smallest absolute Gasteiger partial charge is 0.550 e. The van der Waals surface area contributed by atoms with E-state index in [0.29, 0.717) is 6.42 Å². The largest absolute Gasteiger partial charge is 1.00 e. The monoisotopic (exact) mass is 616 g/mol. The number of carbonyl (C=O) groups excluding carboxylic acids is 4. The molecule has 0 aromatic carbocycles. The number of carbonyl (C=O) groups is 6. The van der Waals surface area contributed by atoms with Crippen LogP contribution in [0.5, 0.6) is 0 Å². The molecule has 0 heterocycles. The summed E-state index contributed by atoms with van der Waals surface area (Å²) in [5, 5.41) is 43.6. The quantitative estimate of drug-likeness (QED) is 0.0345. The standard InChI is InChI=1S/C16H28O8S.C6H8O7.2Na/c1-2-3-4-5-6-7-8-9-10-11-15(19)24-16(20)13(12-14(17)18)25(21,22)23;7-3(8)1-6(13,5(11)12)2-4(9)10;;/h13H,2-12H2,1H3,(H,17,18)(H,21,22,23);13H,1-2H2,(H,7,8)(H,9,10)(H,11,12);;/q;;2*+1/p-2. The first-order valence-corrected chi connectivity index (χ1v) is 13.2. The van der Waals surface area contributed by atoms with Gasteiger partial charge >= 0.3 is 83.0 Å². The van der Waals surface area contributed by atoms with Crippen LogP contribution in [0.2, 0.25) is 0 Å². The van der Waals surface area contributed by atoms with Gasteiger partial charge in [0.1, 0.15) is 0 Å². The fraction of sp³-hybridized carbons (Fsp3) is 0.727. The molecule has 2 atom stereocenters. The summed E-state index contributed by atoms with van der Waals surface area (Å²) < 4.78 is 35.1. The van der Waals surface area contributed by atoms with E-state index in [-0.39, 0.29) is 65.5 Å². The van der Waals surface area contributed by atoms with Crippen LogP contribution >= 0.6 is 0 Å². The van der Waals surface area contributed by atoms with E-state index in [1.165, 1.54) is 25.7 Å². The first-order chi connectivity index (χ1) is 17.5. The molecule has 0 saturated carbocycles. The van der Waals surface area contributed by atoms with Crippen molar-refractivity contribution in [3.63, 3.8) is 0 Å². The second kappa shape index (κ2) is 24.5. The number of ether oxygens (including phenoxy) is 1. The van der Waals surface area contributed by atoms with E-state index in [1.807, 2.05) is 0 Å². The first kappa shape index (κ1) is 45.9. The Labute approximate surface area is 276 Å². The molecule has 0 rings (SSSR count). The van der Waals surface area contributed by atoms with Gasteiger partial charge in [0.25, 0.3) is 10.1 Å². The fourth-order valence-corrected chi connectivity index (χ4v) is 3.61. The van der Waals surface area contributed by atoms with E-state index in [1.54, 1.807) is 0 Å². The summed E-state index contributed by atoms with van der Waals surface area (Å²) in [5.74, 6) is -9.74. The van der Waals surface area contributed by atoms with E-state index in [2.05, 4.69) is 11.7 Å². The zero-order valence-electron chi connectivity index (χ0n) is 23.0. The molecule has 0 aromatic heterocycles. The van der Waals surface area contributed by atoms with Gasteiger partial charge in [0.2, 0.25) is 0 Å². The zero-order chi connectivity index (χ0) is 29.9. The van der Waals surface area contributed by atoms with E-state index in [9.17, 15) is 47.4 Å². The molecular weight excluding hydrogens is 582 g/mol. The predicted molar refractivity (Wildman–Crippen MR) is 122 cm³/mol. The number of rotatable bonds is 19. The van der Waals surface area contributed by atoms with Crippen molar-refractivity contribution in [3.05, 3.63) is 0 Å². The summed E-state index contributed by atoms with van der Waals surface area (Å²) in [5.41, 5.74) is -2.80. The van der Waals surface area contributed by atoms with Gasteiger partial charge in [-0.2, -0.15) is 8.42 Å². The Hall–Kier alpha value is -1.11. The van der Waals surface area contributed by atoms with E-state index in [0.717, 1.165) is 25.7 Å². The van der Waals surface area contributed by atoms with Crippen molar-refractivity contribution in [3.8, 4) is 0 Å². The Morgan fingerprint density at radius 3 is 1.60 bits per heavy atom. The molecule has 0 spiro atoms. The number of hydrogen-bond acceptors (Lipinski definition) is 12. The molecule has 0 radical (unpaired) electrons. The molecule has 40 heavy (non-hydrogen) atoms. The van der Waals surface area contributed by atoms with Gasteiger partial charge < -0.3 is 39.9 Å². The predicted octanol–water partition coefficient (Wildman–Crippen LogP) is -7.20. The van der Waals surface area contributed by atoms with Crippen molar-refractivity contribution >= 4 is 45.9 Å². The van der Waals surface area contributed by atoms with Crippen LogP contribution in [-0.2, 0) is 43.6 Å². The van der Waals surface area contributed by atoms with Gasteiger partial charge in [0.15, 0.2) is 10.9 Å². The third kappa shape index (κ3) is 24.7. The van der Waals surface area contributed by atoms with Crippen molar-refractivity contribution < 1.29 is 131 Å². The third-order valence-corrected chi connectivity index (χ3v) is 6.03. The second-order valence-corrected chi connectivity index (χ2v) is 10.0. The molecule has 220 valence electrons. The van der Waals surface area contributed by atoms with Crippen LogP contribution in [-0.4, -0.2) is 75.0 Å². The normalized spacial score (nSPS) is 12.6. The summed E-state index contributed by atoms with van der Waals surface area (Å²) in [6.45, 7) is 2.15. The average Bonchev–Trinajstić information content (AvgIpc) is 2.74. The number of carboxylic acid groups (broad SMARTS) is 4. The van der Waals surface area contributed by atoms with Crippen molar-refractivity contribution in [2.24, 2.45) is 0 Å². The Balaban J connectivity index is -0.000000368. The summed E-state index contributed by atoms with van der Waals surface area (Å²) in [7, 11) is -4.99.